The van der Waals surface area contributed by atoms with Crippen molar-refractivity contribution in [2.24, 2.45) is 11.7 Å². The minimum Gasteiger partial charge on any atom is -0.349 e. The third-order valence-electron chi connectivity index (χ3n) is 3.76. The smallest absolute Gasteiger partial charge is 0.349 e. The van der Waals surface area contributed by atoms with Crippen LogP contribution in [-0.2, 0) is 17.9 Å². The molecule has 0 aliphatic heterocycles. The van der Waals surface area contributed by atoms with Crippen LogP contribution in [0, 0.1) is 5.92 Å². The van der Waals surface area contributed by atoms with Gasteiger partial charge in [-0.25, -0.2) is 4.98 Å². The van der Waals surface area contributed by atoms with Crippen LogP contribution in [0.1, 0.15) is 31.5 Å². The summed E-state index contributed by atoms with van der Waals surface area (Å²) in [4.78, 5) is 15.7. The van der Waals surface area contributed by atoms with Gasteiger partial charge in [-0.1, -0.05) is 6.42 Å². The fourth-order valence-corrected chi connectivity index (χ4v) is 2.65. The van der Waals surface area contributed by atoms with E-state index in [-0.39, 0.29) is 30.2 Å². The molecule has 0 bridgehead atoms. The van der Waals surface area contributed by atoms with Crippen LogP contribution in [0.25, 0.3) is 0 Å². The van der Waals surface area contributed by atoms with Crippen LogP contribution in [0.15, 0.2) is 12.4 Å². The summed E-state index contributed by atoms with van der Waals surface area (Å²) in [5.41, 5.74) is 5.89. The van der Waals surface area contributed by atoms with E-state index in [0.717, 1.165) is 23.8 Å². The number of nitrogens with two attached hydrogens (primary N) is 1. The van der Waals surface area contributed by atoms with E-state index < -0.39 is 12.7 Å². The number of carbonyl (C=O) groups is 1. The van der Waals surface area contributed by atoms with E-state index in [1.165, 1.54) is 12.4 Å². The first-order valence-electron chi connectivity index (χ1n) is 6.94. The van der Waals surface area contributed by atoms with Crippen LogP contribution in [0.3, 0.4) is 0 Å². The molecule has 8 heteroatoms. The maximum absolute atomic E-state index is 12.4. The van der Waals surface area contributed by atoms with Gasteiger partial charge in [0.05, 0.1) is 6.54 Å². The zero-order chi connectivity index (χ0) is 15.5. The summed E-state index contributed by atoms with van der Waals surface area (Å²) < 4.78 is 38.1. The standard InChI is InChI=1S/C13H19F3N4O/c14-13(15,16)8-20-5-4-18-11(20)7-19-12(21)6-9-2-1-3-10(9)17/h4-5,9-10H,1-3,6-8,17H2,(H,19,21)/t9-,10+/m0/s1. The lowest BCUT2D eigenvalue weighted by molar-refractivity contribution is -0.141. The van der Waals surface area contributed by atoms with E-state index >= 15 is 0 Å². The van der Waals surface area contributed by atoms with Crippen LogP contribution < -0.4 is 11.1 Å². The number of alkyl halides is 3. The number of imidazole rings is 1. The van der Waals surface area contributed by atoms with Gasteiger partial charge in [0.1, 0.15) is 12.4 Å². The van der Waals surface area contributed by atoms with Crippen molar-refractivity contribution in [3.63, 3.8) is 0 Å². The van der Waals surface area contributed by atoms with Crippen molar-refractivity contribution in [3.05, 3.63) is 18.2 Å². The molecule has 2 atom stereocenters. The van der Waals surface area contributed by atoms with Gasteiger partial charge in [0.25, 0.3) is 0 Å². The van der Waals surface area contributed by atoms with Crippen molar-refractivity contribution in [3.8, 4) is 0 Å². The zero-order valence-corrected chi connectivity index (χ0v) is 11.6. The monoisotopic (exact) mass is 304 g/mol. The van der Waals surface area contributed by atoms with Gasteiger partial charge in [-0.05, 0) is 18.8 Å². The van der Waals surface area contributed by atoms with Gasteiger partial charge >= 0.3 is 6.18 Å². The highest BCUT2D eigenvalue weighted by Crippen LogP contribution is 2.26. The fourth-order valence-electron chi connectivity index (χ4n) is 2.65. The van der Waals surface area contributed by atoms with Gasteiger partial charge in [0.15, 0.2) is 0 Å². The molecular weight excluding hydrogens is 285 g/mol. The van der Waals surface area contributed by atoms with Crippen LogP contribution in [0.5, 0.6) is 0 Å². The Hall–Kier alpha value is -1.57. The number of aromatic nitrogens is 2. The molecule has 3 N–H and O–H groups in total. The predicted molar refractivity (Wildman–Crippen MR) is 70.1 cm³/mol. The molecule has 1 aromatic heterocycles. The molecule has 0 radical (unpaired) electrons. The average Bonchev–Trinajstić information content (AvgIpc) is 2.95. The molecule has 1 saturated carbocycles. The number of nitrogens with zero attached hydrogens (tertiary/aromatic N) is 2. The minimum atomic E-state index is -4.31. The first-order valence-corrected chi connectivity index (χ1v) is 6.94. The molecule has 1 amide bonds. The normalized spacial score (nSPS) is 22.5. The number of hydrogen-bond acceptors (Lipinski definition) is 3. The number of rotatable bonds is 5. The SMILES string of the molecule is N[C@@H]1CCC[C@H]1CC(=O)NCc1nccn1CC(F)(F)F. The highest BCUT2D eigenvalue weighted by molar-refractivity contribution is 5.76. The Kier molecular flexibility index (Phi) is 4.87. The van der Waals surface area contributed by atoms with Gasteiger partial charge in [0, 0.05) is 24.9 Å². The summed E-state index contributed by atoms with van der Waals surface area (Å²) in [6.07, 6.45) is 1.43. The maximum atomic E-state index is 12.4. The van der Waals surface area contributed by atoms with Gasteiger partial charge in [-0.15, -0.1) is 0 Å². The van der Waals surface area contributed by atoms with E-state index in [1.807, 2.05) is 0 Å². The Bertz CT molecular complexity index is 486. The minimum absolute atomic E-state index is 0.0100. The highest BCUT2D eigenvalue weighted by Gasteiger charge is 2.29. The molecule has 1 fully saturated rings. The molecule has 0 saturated heterocycles. The fraction of sp³-hybridized carbons (Fsp3) is 0.692. The summed E-state index contributed by atoms with van der Waals surface area (Å²) in [5.74, 6) is 0.162. The zero-order valence-electron chi connectivity index (χ0n) is 11.6. The van der Waals surface area contributed by atoms with Crippen molar-refractivity contribution >= 4 is 5.91 Å². The lowest BCUT2D eigenvalue weighted by Crippen LogP contribution is -2.32. The van der Waals surface area contributed by atoms with Gasteiger partial charge in [0.2, 0.25) is 5.91 Å². The third kappa shape index (κ3) is 4.73. The van der Waals surface area contributed by atoms with E-state index in [0.29, 0.717) is 6.42 Å². The maximum Gasteiger partial charge on any atom is 0.406 e. The summed E-state index contributed by atoms with van der Waals surface area (Å²) in [6.45, 7) is -1.12. The quantitative estimate of drug-likeness (QED) is 0.867. The molecule has 1 aliphatic carbocycles. The molecule has 5 nitrogen and oxygen atoms in total. The van der Waals surface area contributed by atoms with Crippen molar-refractivity contribution < 1.29 is 18.0 Å². The highest BCUT2D eigenvalue weighted by atomic mass is 19.4. The number of hydrogen-bond donors (Lipinski definition) is 2. The Labute approximate surface area is 120 Å². The number of halogens is 3. The second-order valence-corrected chi connectivity index (χ2v) is 5.42. The van der Waals surface area contributed by atoms with Crippen molar-refractivity contribution in [1.29, 1.82) is 0 Å². The molecule has 1 aromatic rings. The predicted octanol–water partition coefficient (Wildman–Crippen LogP) is 1.58. The van der Waals surface area contributed by atoms with E-state index in [4.69, 9.17) is 5.73 Å². The van der Waals surface area contributed by atoms with Crippen molar-refractivity contribution in [1.82, 2.24) is 14.9 Å². The molecule has 1 aliphatic rings. The number of amides is 1. The first kappa shape index (κ1) is 15.8. The first-order chi connectivity index (χ1) is 9.85. The van der Waals surface area contributed by atoms with E-state index in [2.05, 4.69) is 10.3 Å². The molecular formula is C13H19F3N4O. The largest absolute Gasteiger partial charge is 0.406 e. The van der Waals surface area contributed by atoms with E-state index in [1.54, 1.807) is 0 Å². The third-order valence-corrected chi connectivity index (χ3v) is 3.76. The average molecular weight is 304 g/mol. The molecule has 0 aromatic carbocycles. The number of carbonyl (C=O) groups excluding carboxylic acids is 1. The van der Waals surface area contributed by atoms with Crippen LogP contribution >= 0.6 is 0 Å². The summed E-state index contributed by atoms with van der Waals surface area (Å²) >= 11 is 0. The Balaban J connectivity index is 1.83. The molecule has 2 rings (SSSR count). The van der Waals surface area contributed by atoms with Crippen LogP contribution in [0.4, 0.5) is 13.2 Å². The van der Waals surface area contributed by atoms with Crippen LogP contribution in [0.2, 0.25) is 0 Å². The van der Waals surface area contributed by atoms with Gasteiger partial charge in [-0.2, -0.15) is 13.2 Å². The summed E-state index contributed by atoms with van der Waals surface area (Å²) in [5, 5.41) is 2.61. The molecule has 0 spiro atoms. The van der Waals surface area contributed by atoms with Gasteiger partial charge in [-0.3, -0.25) is 4.79 Å². The van der Waals surface area contributed by atoms with Gasteiger partial charge < -0.3 is 15.6 Å². The molecule has 1 heterocycles. The second kappa shape index (κ2) is 6.46. The van der Waals surface area contributed by atoms with E-state index in [9.17, 15) is 18.0 Å². The van der Waals surface area contributed by atoms with Crippen molar-refractivity contribution in [2.75, 3.05) is 0 Å². The lowest BCUT2D eigenvalue weighted by Gasteiger charge is -2.15. The lowest BCUT2D eigenvalue weighted by atomic mass is 10.00. The molecule has 21 heavy (non-hydrogen) atoms. The summed E-state index contributed by atoms with van der Waals surface area (Å²) in [7, 11) is 0. The van der Waals surface area contributed by atoms with Crippen molar-refractivity contribution in [2.45, 2.75) is 51.0 Å². The Morgan fingerprint density at radius 3 is 2.86 bits per heavy atom. The Morgan fingerprint density at radius 2 is 2.24 bits per heavy atom. The molecule has 0 unspecified atom stereocenters. The summed E-state index contributed by atoms with van der Waals surface area (Å²) in [6, 6.07) is 0.0444. The van der Waals surface area contributed by atoms with Crippen LogP contribution in [-0.4, -0.2) is 27.7 Å². The molecule has 118 valence electrons. The Morgan fingerprint density at radius 1 is 1.48 bits per heavy atom. The second-order valence-electron chi connectivity index (χ2n) is 5.42. The number of nitrogens with one attached hydrogen (secondary N) is 1. The topological polar surface area (TPSA) is 72.9 Å².